The van der Waals surface area contributed by atoms with Gasteiger partial charge >= 0.3 is 5.97 Å². The third-order valence-corrected chi connectivity index (χ3v) is 4.62. The van der Waals surface area contributed by atoms with Crippen molar-refractivity contribution in [2.24, 2.45) is 11.7 Å². The lowest BCUT2D eigenvalue weighted by atomic mass is 9.84. The normalized spacial score (nSPS) is 30.1. The molecule has 3 nitrogen and oxygen atoms in total. The van der Waals surface area contributed by atoms with Gasteiger partial charge in [0.2, 0.25) is 0 Å². The molecule has 4 heteroatoms. The second-order valence-corrected chi connectivity index (χ2v) is 5.63. The van der Waals surface area contributed by atoms with Crippen molar-refractivity contribution < 1.29 is 9.53 Å². The number of ether oxygens (including phenoxy) is 1. The average Bonchev–Trinajstić information content (AvgIpc) is 2.28. The number of rotatable bonds is 5. The van der Waals surface area contributed by atoms with Crippen LogP contribution in [0.1, 0.15) is 39.5 Å². The predicted octanol–water partition coefficient (Wildman–Crippen LogP) is 2.19. The van der Waals surface area contributed by atoms with Crippen LogP contribution in [-0.4, -0.2) is 29.6 Å². The molecule has 1 aliphatic carbocycles. The molecule has 0 radical (unpaired) electrons. The molecular formula is C12H23NO2S. The molecule has 1 rings (SSSR count). The molecule has 0 spiro atoms. The first-order valence-electron chi connectivity index (χ1n) is 6.20. The maximum Gasteiger partial charge on any atom is 0.315 e. The molecular weight excluding hydrogens is 222 g/mol. The van der Waals surface area contributed by atoms with Gasteiger partial charge < -0.3 is 10.5 Å². The Bertz CT molecular complexity index is 223. The van der Waals surface area contributed by atoms with E-state index in [1.807, 2.05) is 6.92 Å². The van der Waals surface area contributed by atoms with E-state index in [1.54, 1.807) is 11.8 Å². The van der Waals surface area contributed by atoms with Crippen molar-refractivity contribution in [3.63, 3.8) is 0 Å². The number of carbonyl (C=O) groups excluding carboxylic acids is 1. The lowest BCUT2D eigenvalue weighted by Gasteiger charge is -2.33. The minimum absolute atomic E-state index is 0.113. The van der Waals surface area contributed by atoms with Crippen LogP contribution in [0.2, 0.25) is 0 Å². The van der Waals surface area contributed by atoms with Crippen LogP contribution in [0.5, 0.6) is 0 Å². The van der Waals surface area contributed by atoms with Gasteiger partial charge in [0, 0.05) is 11.3 Å². The Morgan fingerprint density at radius 1 is 1.44 bits per heavy atom. The van der Waals surface area contributed by atoms with Gasteiger partial charge in [0.05, 0.1) is 12.4 Å². The molecule has 3 unspecified atom stereocenters. The van der Waals surface area contributed by atoms with E-state index in [9.17, 15) is 4.79 Å². The van der Waals surface area contributed by atoms with E-state index in [1.165, 1.54) is 12.8 Å². The second-order valence-electron chi connectivity index (χ2n) is 4.41. The molecule has 16 heavy (non-hydrogen) atoms. The van der Waals surface area contributed by atoms with E-state index >= 15 is 0 Å². The molecule has 0 heterocycles. The van der Waals surface area contributed by atoms with Crippen molar-refractivity contribution in [2.75, 3.05) is 12.4 Å². The Kier molecular flexibility index (Phi) is 6.21. The monoisotopic (exact) mass is 245 g/mol. The van der Waals surface area contributed by atoms with Crippen LogP contribution in [0.4, 0.5) is 0 Å². The summed E-state index contributed by atoms with van der Waals surface area (Å²) in [4.78, 5) is 11.3. The van der Waals surface area contributed by atoms with E-state index in [2.05, 4.69) is 6.92 Å². The quantitative estimate of drug-likeness (QED) is 0.754. The molecule has 94 valence electrons. The van der Waals surface area contributed by atoms with Gasteiger partial charge in [0.25, 0.3) is 0 Å². The van der Waals surface area contributed by atoms with Gasteiger partial charge in [-0.3, -0.25) is 4.79 Å². The van der Waals surface area contributed by atoms with Gasteiger partial charge in [0.15, 0.2) is 0 Å². The fraction of sp³-hybridized carbons (Fsp3) is 0.917. The van der Waals surface area contributed by atoms with Gasteiger partial charge in [-0.05, 0) is 32.1 Å². The number of hydrogen-bond acceptors (Lipinski definition) is 4. The third-order valence-electron chi connectivity index (χ3n) is 3.25. The summed E-state index contributed by atoms with van der Waals surface area (Å²) in [5, 5.41) is 0.433. The predicted molar refractivity (Wildman–Crippen MR) is 68.5 cm³/mol. The van der Waals surface area contributed by atoms with Crippen molar-refractivity contribution in [1.29, 1.82) is 0 Å². The van der Waals surface area contributed by atoms with Gasteiger partial charge in [-0.1, -0.05) is 13.3 Å². The molecule has 0 saturated heterocycles. The Morgan fingerprint density at radius 3 is 2.81 bits per heavy atom. The Morgan fingerprint density at radius 2 is 2.19 bits per heavy atom. The highest BCUT2D eigenvalue weighted by atomic mass is 32.2. The summed E-state index contributed by atoms with van der Waals surface area (Å²) in [6, 6.07) is 0.252. The van der Waals surface area contributed by atoms with Gasteiger partial charge in [-0.2, -0.15) is 0 Å². The zero-order chi connectivity index (χ0) is 12.0. The summed E-state index contributed by atoms with van der Waals surface area (Å²) < 4.78 is 4.92. The first-order valence-corrected chi connectivity index (χ1v) is 7.25. The zero-order valence-corrected chi connectivity index (χ0v) is 11.1. The maximum absolute atomic E-state index is 11.3. The zero-order valence-electron chi connectivity index (χ0n) is 10.3. The van der Waals surface area contributed by atoms with Crippen molar-refractivity contribution in [3.8, 4) is 0 Å². The molecule has 0 aliphatic heterocycles. The molecule has 3 atom stereocenters. The van der Waals surface area contributed by atoms with Crippen LogP contribution >= 0.6 is 11.8 Å². The van der Waals surface area contributed by atoms with E-state index in [-0.39, 0.29) is 12.0 Å². The first-order chi connectivity index (χ1) is 7.67. The molecule has 0 amide bonds. The molecule has 2 N–H and O–H groups in total. The molecule has 0 aromatic heterocycles. The fourth-order valence-electron chi connectivity index (χ4n) is 2.18. The van der Waals surface area contributed by atoms with Crippen LogP contribution in [0.25, 0.3) is 0 Å². The number of thioether (sulfide) groups is 1. The number of esters is 1. The van der Waals surface area contributed by atoms with Crippen molar-refractivity contribution in [2.45, 2.75) is 50.8 Å². The Labute approximate surface area is 102 Å². The van der Waals surface area contributed by atoms with Gasteiger partial charge in [-0.15, -0.1) is 11.8 Å². The maximum atomic E-state index is 11.3. The van der Waals surface area contributed by atoms with Gasteiger partial charge in [0.1, 0.15) is 0 Å². The SMILES string of the molecule is CCOC(=O)CSC1CC(CC)CCC1N. The minimum Gasteiger partial charge on any atom is -0.465 e. The molecule has 0 bridgehead atoms. The van der Waals surface area contributed by atoms with Crippen LogP contribution in [0.15, 0.2) is 0 Å². The summed E-state index contributed by atoms with van der Waals surface area (Å²) in [6.07, 6.45) is 4.72. The van der Waals surface area contributed by atoms with Crippen LogP contribution in [0.3, 0.4) is 0 Å². The topological polar surface area (TPSA) is 52.3 Å². The summed E-state index contributed by atoms with van der Waals surface area (Å²) >= 11 is 1.67. The second kappa shape index (κ2) is 7.17. The highest BCUT2D eigenvalue weighted by molar-refractivity contribution is 8.00. The number of carbonyl (C=O) groups is 1. The lowest BCUT2D eigenvalue weighted by Crippen LogP contribution is -2.38. The Balaban J connectivity index is 2.30. The first kappa shape index (κ1) is 13.8. The van der Waals surface area contributed by atoms with Crippen LogP contribution < -0.4 is 5.73 Å². The van der Waals surface area contributed by atoms with Crippen LogP contribution in [-0.2, 0) is 9.53 Å². The summed E-state index contributed by atoms with van der Waals surface area (Å²) in [7, 11) is 0. The van der Waals surface area contributed by atoms with E-state index in [0.717, 1.165) is 18.8 Å². The molecule has 0 aromatic rings. The number of nitrogens with two attached hydrogens (primary N) is 1. The van der Waals surface area contributed by atoms with E-state index in [4.69, 9.17) is 10.5 Å². The smallest absolute Gasteiger partial charge is 0.315 e. The highest BCUT2D eigenvalue weighted by Crippen LogP contribution is 2.33. The summed E-state index contributed by atoms with van der Waals surface area (Å²) in [5.74, 6) is 1.13. The Hall–Kier alpha value is -0.220. The summed E-state index contributed by atoms with van der Waals surface area (Å²) in [5.41, 5.74) is 6.08. The van der Waals surface area contributed by atoms with E-state index in [0.29, 0.717) is 17.6 Å². The fourth-order valence-corrected chi connectivity index (χ4v) is 3.40. The van der Waals surface area contributed by atoms with Crippen LogP contribution in [0, 0.1) is 5.92 Å². The van der Waals surface area contributed by atoms with Crippen molar-refractivity contribution >= 4 is 17.7 Å². The van der Waals surface area contributed by atoms with E-state index < -0.39 is 0 Å². The highest BCUT2D eigenvalue weighted by Gasteiger charge is 2.28. The molecule has 1 aliphatic rings. The van der Waals surface area contributed by atoms with Gasteiger partial charge in [-0.25, -0.2) is 0 Å². The summed E-state index contributed by atoms with van der Waals surface area (Å²) in [6.45, 7) is 4.53. The van der Waals surface area contributed by atoms with Crippen molar-refractivity contribution in [3.05, 3.63) is 0 Å². The third kappa shape index (κ3) is 4.34. The standard InChI is InChI=1S/C12H23NO2S/c1-3-9-5-6-10(13)11(7-9)16-8-12(14)15-4-2/h9-11H,3-8,13H2,1-2H3. The lowest BCUT2D eigenvalue weighted by molar-refractivity contribution is -0.139. The number of hydrogen-bond donors (Lipinski definition) is 1. The molecule has 1 fully saturated rings. The molecule has 0 aromatic carbocycles. The van der Waals surface area contributed by atoms with Crippen molar-refractivity contribution in [1.82, 2.24) is 0 Å². The largest absolute Gasteiger partial charge is 0.465 e. The average molecular weight is 245 g/mol. The minimum atomic E-state index is -0.113. The molecule has 1 saturated carbocycles.